The molecule has 0 atom stereocenters. The Labute approximate surface area is 119 Å². The molecule has 0 aliphatic heterocycles. The van der Waals surface area contributed by atoms with E-state index in [2.05, 4.69) is 20.7 Å². The Bertz CT molecular complexity index is 534. The van der Waals surface area contributed by atoms with Gasteiger partial charge in [0.1, 0.15) is 5.91 Å². The summed E-state index contributed by atoms with van der Waals surface area (Å²) in [4.78, 5) is 22.5. The number of hydrogen-bond donors (Lipinski definition) is 2. The molecule has 7 heteroatoms. The first-order valence-corrected chi connectivity index (χ1v) is 4.66. The molecule has 0 spiro atoms. The Morgan fingerprint density at radius 3 is 2.59 bits per heavy atom. The molecule has 0 unspecified atom stereocenters. The van der Waals surface area contributed by atoms with Gasteiger partial charge in [0.05, 0.1) is 0 Å². The van der Waals surface area contributed by atoms with E-state index in [1.165, 1.54) is 0 Å². The first-order valence-electron chi connectivity index (χ1n) is 4.66. The summed E-state index contributed by atoms with van der Waals surface area (Å²) in [6, 6.07) is 9.30. The van der Waals surface area contributed by atoms with E-state index >= 15 is 0 Å². The quantitative estimate of drug-likeness (QED) is 0.597. The zero-order chi connectivity index (χ0) is 11.4. The van der Waals surface area contributed by atoms with Gasteiger partial charge < -0.3 is 10.1 Å². The first kappa shape index (κ1) is 13.7. The van der Waals surface area contributed by atoms with Crippen molar-refractivity contribution in [2.24, 2.45) is 0 Å². The number of carbonyl (C=O) groups excluding carboxylic acids is 1. The van der Waals surface area contributed by atoms with Crippen molar-refractivity contribution in [1.82, 2.24) is 15.4 Å². The average molecular weight is 240 g/mol. The van der Waals surface area contributed by atoms with Gasteiger partial charge in [-0.3, -0.25) is 4.79 Å². The second-order valence-electron chi connectivity index (χ2n) is 3.13. The molecule has 1 amide bonds. The molecule has 1 aromatic heterocycles. The van der Waals surface area contributed by atoms with Crippen molar-refractivity contribution in [3.8, 4) is 0 Å². The fourth-order valence-electron chi connectivity index (χ4n) is 1.21. The molecule has 17 heavy (non-hydrogen) atoms. The van der Waals surface area contributed by atoms with Crippen molar-refractivity contribution >= 4 is 5.91 Å². The summed E-state index contributed by atoms with van der Waals surface area (Å²) in [5.74, 6) is -0.619. The third-order valence-electron chi connectivity index (χ3n) is 2.00. The van der Waals surface area contributed by atoms with Crippen molar-refractivity contribution in [1.29, 1.82) is 0 Å². The monoisotopic (exact) mass is 240 g/mol. The standard InChI is InChI=1S/C10H10N4O2.Na/c15-9(8-10(16)13-14-12-8)11-6-7-4-2-1-3-5-7;/h1-5H,6H2,(H3,11,12,13,14,15,16);/q;+1/p-1. The third-order valence-corrected chi connectivity index (χ3v) is 2.00. The molecule has 0 radical (unpaired) electrons. The maximum absolute atomic E-state index is 11.4. The number of rotatable bonds is 3. The van der Waals surface area contributed by atoms with E-state index in [0.29, 0.717) is 0 Å². The smallest absolute Gasteiger partial charge is 0.644 e. The van der Waals surface area contributed by atoms with Crippen LogP contribution in [0.1, 0.15) is 16.1 Å². The van der Waals surface area contributed by atoms with Gasteiger partial charge in [-0.2, -0.15) is 5.10 Å². The van der Waals surface area contributed by atoms with Crippen LogP contribution in [0, 0.1) is 0 Å². The zero-order valence-corrected chi connectivity index (χ0v) is 11.3. The number of hydrogen-bond acceptors (Lipinski definition) is 3. The van der Waals surface area contributed by atoms with E-state index in [-0.39, 0.29) is 41.8 Å². The maximum Gasteiger partial charge on any atom is 1.00 e. The Hall–Kier alpha value is -1.37. The number of H-pyrrole nitrogens is 2. The largest absolute Gasteiger partial charge is 1.00 e. The minimum Gasteiger partial charge on any atom is -0.644 e. The molecular weight excluding hydrogens is 231 g/mol. The molecule has 0 saturated heterocycles. The molecule has 0 aliphatic rings. The van der Waals surface area contributed by atoms with E-state index < -0.39 is 11.5 Å². The molecule has 82 valence electrons. The van der Waals surface area contributed by atoms with Crippen LogP contribution in [0.25, 0.3) is 5.32 Å². The number of aromatic nitrogens is 3. The van der Waals surface area contributed by atoms with Gasteiger partial charge in [0.25, 0.3) is 5.56 Å². The summed E-state index contributed by atoms with van der Waals surface area (Å²) in [7, 11) is 0. The predicted octanol–water partition coefficient (Wildman–Crippen LogP) is -2.18. The maximum atomic E-state index is 11.4. The molecule has 2 rings (SSSR count). The van der Waals surface area contributed by atoms with Crippen LogP contribution >= 0.6 is 0 Å². The topological polar surface area (TPSA) is 92.7 Å². The number of benzene rings is 1. The van der Waals surface area contributed by atoms with Gasteiger partial charge in [0.15, 0.2) is 5.69 Å². The summed E-state index contributed by atoms with van der Waals surface area (Å²) < 4.78 is 0. The number of nitrogens with zero attached hydrogens (tertiary/aromatic N) is 2. The summed E-state index contributed by atoms with van der Waals surface area (Å²) >= 11 is 0. The number of aromatic amines is 2. The average Bonchev–Trinajstić information content (AvgIpc) is 2.74. The van der Waals surface area contributed by atoms with Crippen LogP contribution in [0.5, 0.6) is 0 Å². The van der Waals surface area contributed by atoms with Crippen LogP contribution in [0.4, 0.5) is 0 Å². The number of amides is 1. The molecule has 2 N–H and O–H groups in total. The van der Waals surface area contributed by atoms with Crippen molar-refractivity contribution in [3.05, 3.63) is 57.3 Å². The van der Waals surface area contributed by atoms with Gasteiger partial charge in [0, 0.05) is 0 Å². The number of nitrogens with one attached hydrogen (secondary N) is 2. The molecule has 0 saturated carbocycles. The minimum atomic E-state index is -0.619. The van der Waals surface area contributed by atoms with E-state index in [0.717, 1.165) is 5.56 Å². The van der Waals surface area contributed by atoms with Gasteiger partial charge in [-0.15, -0.1) is 6.54 Å². The van der Waals surface area contributed by atoms with Gasteiger partial charge >= 0.3 is 29.6 Å². The van der Waals surface area contributed by atoms with E-state index in [1.807, 2.05) is 30.3 Å². The van der Waals surface area contributed by atoms with Gasteiger partial charge in [-0.25, -0.2) is 10.3 Å². The van der Waals surface area contributed by atoms with Gasteiger partial charge in [-0.05, 0) is 0 Å². The number of carbonyl (C=O) groups is 1. The molecular formula is C10H9N4NaO2. The van der Waals surface area contributed by atoms with E-state index in [4.69, 9.17) is 0 Å². The fourth-order valence-corrected chi connectivity index (χ4v) is 1.21. The van der Waals surface area contributed by atoms with E-state index in [1.54, 1.807) is 0 Å². The molecule has 0 bridgehead atoms. The summed E-state index contributed by atoms with van der Waals surface area (Å²) in [5.41, 5.74) is 0.139. The van der Waals surface area contributed by atoms with Crippen molar-refractivity contribution in [2.45, 2.75) is 6.54 Å². The Balaban J connectivity index is 0.00000144. The van der Waals surface area contributed by atoms with Crippen LogP contribution in [-0.4, -0.2) is 21.3 Å². The Kier molecular flexibility index (Phi) is 5.14. The van der Waals surface area contributed by atoms with E-state index in [9.17, 15) is 9.59 Å². The summed E-state index contributed by atoms with van der Waals surface area (Å²) in [6.07, 6.45) is 0. The summed E-state index contributed by atoms with van der Waals surface area (Å²) in [6.45, 7) is 0.242. The van der Waals surface area contributed by atoms with Crippen molar-refractivity contribution < 1.29 is 34.4 Å². The Morgan fingerprint density at radius 2 is 2.00 bits per heavy atom. The van der Waals surface area contributed by atoms with Gasteiger partial charge in [-0.1, -0.05) is 35.9 Å². The Morgan fingerprint density at radius 1 is 1.29 bits per heavy atom. The van der Waals surface area contributed by atoms with Crippen LogP contribution < -0.4 is 35.1 Å². The molecule has 1 heterocycles. The fraction of sp³-hybridized carbons (Fsp3) is 0.100. The molecule has 2 aromatic rings. The zero-order valence-electron chi connectivity index (χ0n) is 9.30. The SMILES string of the molecule is O=C([N-]Cc1ccccc1)c1n[nH][nH]c1=O.[Na+]. The summed E-state index contributed by atoms with van der Waals surface area (Å²) in [5, 5.41) is 11.6. The van der Waals surface area contributed by atoms with Crippen LogP contribution in [0.15, 0.2) is 35.1 Å². The minimum absolute atomic E-state index is 0. The second kappa shape index (κ2) is 6.39. The normalized spacial score (nSPS) is 9.41. The molecule has 1 aromatic carbocycles. The van der Waals surface area contributed by atoms with Gasteiger partial charge in [0.2, 0.25) is 0 Å². The molecule has 6 nitrogen and oxygen atoms in total. The molecule has 0 fully saturated rings. The van der Waals surface area contributed by atoms with Crippen molar-refractivity contribution in [2.75, 3.05) is 0 Å². The van der Waals surface area contributed by atoms with Crippen LogP contribution in [0.2, 0.25) is 0 Å². The van der Waals surface area contributed by atoms with Crippen LogP contribution in [0.3, 0.4) is 0 Å². The predicted molar refractivity (Wildman–Crippen MR) is 57.0 cm³/mol. The van der Waals surface area contributed by atoms with Crippen LogP contribution in [-0.2, 0) is 6.54 Å². The van der Waals surface area contributed by atoms with Crippen molar-refractivity contribution in [3.63, 3.8) is 0 Å². The third kappa shape index (κ3) is 3.55. The molecule has 0 aliphatic carbocycles. The first-order chi connectivity index (χ1) is 7.77. The second-order valence-corrected chi connectivity index (χ2v) is 3.13.